The number of benzene rings is 2. The van der Waals surface area contributed by atoms with Gasteiger partial charge in [-0.3, -0.25) is 4.79 Å². The lowest BCUT2D eigenvalue weighted by Gasteiger charge is -2.11. The summed E-state index contributed by atoms with van der Waals surface area (Å²) in [4.78, 5) is 10.9. The zero-order valence-corrected chi connectivity index (χ0v) is 13.4. The molecule has 6 heteroatoms. The molecule has 1 N–H and O–H groups in total. The molecule has 0 aliphatic rings. The van der Waals surface area contributed by atoms with Gasteiger partial charge in [0.05, 0.1) is 10.0 Å². The summed E-state index contributed by atoms with van der Waals surface area (Å²) >= 11 is 12.0. The summed E-state index contributed by atoms with van der Waals surface area (Å²) in [6.45, 7) is 2.12. The third-order valence-electron chi connectivity index (χ3n) is 2.69. The minimum Gasteiger partial charge on any atom is -0.490 e. The van der Waals surface area contributed by atoms with E-state index in [0.717, 1.165) is 5.69 Å². The van der Waals surface area contributed by atoms with Crippen LogP contribution in [0, 0.1) is 0 Å². The van der Waals surface area contributed by atoms with E-state index < -0.39 is 0 Å². The summed E-state index contributed by atoms with van der Waals surface area (Å²) in [7, 11) is 0. The second-order valence-corrected chi connectivity index (χ2v) is 5.27. The van der Waals surface area contributed by atoms with Crippen molar-refractivity contribution < 1.29 is 14.3 Å². The Kier molecular flexibility index (Phi) is 5.92. The Balaban J connectivity index is 1.80. The average molecular weight is 340 g/mol. The van der Waals surface area contributed by atoms with E-state index in [1.54, 1.807) is 42.5 Å². The van der Waals surface area contributed by atoms with Gasteiger partial charge in [-0.25, -0.2) is 0 Å². The maximum absolute atomic E-state index is 10.9. The Bertz CT molecular complexity index is 624. The minimum absolute atomic E-state index is 0.112. The third-order valence-corrected chi connectivity index (χ3v) is 3.29. The predicted molar refractivity (Wildman–Crippen MR) is 88.2 cm³/mol. The Labute approximate surface area is 138 Å². The Morgan fingerprint density at radius 1 is 1.00 bits per heavy atom. The highest BCUT2D eigenvalue weighted by molar-refractivity contribution is 6.37. The number of rotatable bonds is 6. The number of nitrogens with one attached hydrogen (secondary N) is 1. The molecule has 0 spiro atoms. The monoisotopic (exact) mass is 339 g/mol. The molecule has 0 atom stereocenters. The van der Waals surface area contributed by atoms with Crippen LogP contribution in [0.25, 0.3) is 0 Å². The van der Waals surface area contributed by atoms with Crippen LogP contribution < -0.4 is 14.8 Å². The van der Waals surface area contributed by atoms with Crippen LogP contribution in [0.1, 0.15) is 6.92 Å². The number of hydrogen-bond acceptors (Lipinski definition) is 3. The van der Waals surface area contributed by atoms with Crippen molar-refractivity contribution in [2.24, 2.45) is 0 Å². The lowest BCUT2D eigenvalue weighted by atomic mass is 10.3. The van der Waals surface area contributed by atoms with Gasteiger partial charge in [0.15, 0.2) is 5.75 Å². The molecule has 4 nitrogen and oxygen atoms in total. The van der Waals surface area contributed by atoms with Crippen molar-refractivity contribution >= 4 is 34.8 Å². The quantitative estimate of drug-likeness (QED) is 0.793. The average Bonchev–Trinajstić information content (AvgIpc) is 2.47. The number of halogens is 2. The zero-order valence-electron chi connectivity index (χ0n) is 11.9. The van der Waals surface area contributed by atoms with Gasteiger partial charge in [-0.15, -0.1) is 0 Å². The minimum atomic E-state index is -0.112. The largest absolute Gasteiger partial charge is 0.490 e. The standard InChI is InChI=1S/C16H15Cl2NO3/c1-11(20)19-12-5-7-13(8-6-12)21-9-10-22-16-14(17)3-2-4-15(16)18/h2-8H,9-10H2,1H3,(H,19,20). The number of ether oxygens (including phenoxy) is 2. The van der Waals surface area contributed by atoms with Crippen molar-refractivity contribution in [3.8, 4) is 11.5 Å². The van der Waals surface area contributed by atoms with E-state index in [1.807, 2.05) is 0 Å². The highest BCUT2D eigenvalue weighted by atomic mass is 35.5. The molecule has 0 aliphatic carbocycles. The molecule has 0 aromatic heterocycles. The molecule has 0 heterocycles. The molecule has 0 radical (unpaired) electrons. The Morgan fingerprint density at radius 2 is 1.59 bits per heavy atom. The van der Waals surface area contributed by atoms with E-state index >= 15 is 0 Å². The van der Waals surface area contributed by atoms with Gasteiger partial charge >= 0.3 is 0 Å². The number of amides is 1. The normalized spacial score (nSPS) is 10.1. The molecular weight excluding hydrogens is 325 g/mol. The van der Waals surface area contributed by atoms with Crippen molar-refractivity contribution in [1.82, 2.24) is 0 Å². The summed E-state index contributed by atoms with van der Waals surface area (Å²) in [5.74, 6) is 1.03. The highest BCUT2D eigenvalue weighted by Gasteiger charge is 2.06. The first-order chi connectivity index (χ1) is 10.6. The fraction of sp³-hybridized carbons (Fsp3) is 0.188. The van der Waals surface area contributed by atoms with Crippen LogP contribution in [0.4, 0.5) is 5.69 Å². The molecule has 0 aliphatic heterocycles. The van der Waals surface area contributed by atoms with Crippen LogP contribution in [-0.2, 0) is 4.79 Å². The van der Waals surface area contributed by atoms with Crippen LogP contribution >= 0.6 is 23.2 Å². The van der Waals surface area contributed by atoms with Crippen LogP contribution in [0.3, 0.4) is 0 Å². The lowest BCUT2D eigenvalue weighted by molar-refractivity contribution is -0.114. The zero-order chi connectivity index (χ0) is 15.9. The van der Waals surface area contributed by atoms with Crippen molar-refractivity contribution in [3.05, 3.63) is 52.5 Å². The number of para-hydroxylation sites is 1. The van der Waals surface area contributed by atoms with Crippen LogP contribution in [-0.4, -0.2) is 19.1 Å². The molecule has 2 rings (SSSR count). The lowest BCUT2D eigenvalue weighted by Crippen LogP contribution is -2.09. The van der Waals surface area contributed by atoms with Crippen LogP contribution in [0.15, 0.2) is 42.5 Å². The van der Waals surface area contributed by atoms with Gasteiger partial charge in [-0.1, -0.05) is 29.3 Å². The number of anilines is 1. The van der Waals surface area contributed by atoms with E-state index in [4.69, 9.17) is 32.7 Å². The Hall–Kier alpha value is -1.91. The molecule has 116 valence electrons. The van der Waals surface area contributed by atoms with E-state index in [1.165, 1.54) is 6.92 Å². The van der Waals surface area contributed by atoms with Crippen molar-refractivity contribution in [2.45, 2.75) is 6.92 Å². The van der Waals surface area contributed by atoms with E-state index in [2.05, 4.69) is 5.32 Å². The van der Waals surface area contributed by atoms with Gasteiger partial charge < -0.3 is 14.8 Å². The van der Waals surface area contributed by atoms with Crippen molar-refractivity contribution in [2.75, 3.05) is 18.5 Å². The summed E-state index contributed by atoms with van der Waals surface area (Å²) in [6, 6.07) is 12.3. The molecular formula is C16H15Cl2NO3. The third kappa shape index (κ3) is 4.83. The van der Waals surface area contributed by atoms with E-state index in [9.17, 15) is 4.79 Å². The van der Waals surface area contributed by atoms with Crippen LogP contribution in [0.2, 0.25) is 10.0 Å². The molecule has 1 amide bonds. The first kappa shape index (κ1) is 16.5. The second-order valence-electron chi connectivity index (χ2n) is 4.45. The van der Waals surface area contributed by atoms with Gasteiger partial charge in [0.25, 0.3) is 0 Å². The van der Waals surface area contributed by atoms with Crippen molar-refractivity contribution in [1.29, 1.82) is 0 Å². The smallest absolute Gasteiger partial charge is 0.221 e. The summed E-state index contributed by atoms with van der Waals surface area (Å²) < 4.78 is 11.1. The fourth-order valence-corrected chi connectivity index (χ4v) is 2.27. The Morgan fingerprint density at radius 3 is 2.18 bits per heavy atom. The number of hydrogen-bond donors (Lipinski definition) is 1. The predicted octanol–water partition coefficient (Wildman–Crippen LogP) is 4.41. The molecule has 0 fully saturated rings. The first-order valence-electron chi connectivity index (χ1n) is 6.63. The molecule has 22 heavy (non-hydrogen) atoms. The second kappa shape index (κ2) is 7.92. The topological polar surface area (TPSA) is 47.6 Å². The number of carbonyl (C=O) groups excluding carboxylic acids is 1. The van der Waals surface area contributed by atoms with Crippen LogP contribution in [0.5, 0.6) is 11.5 Å². The van der Waals surface area contributed by atoms with Gasteiger partial charge in [0.2, 0.25) is 5.91 Å². The SMILES string of the molecule is CC(=O)Nc1ccc(OCCOc2c(Cl)cccc2Cl)cc1. The first-order valence-corrected chi connectivity index (χ1v) is 7.39. The molecule has 0 saturated heterocycles. The summed E-state index contributed by atoms with van der Waals surface area (Å²) in [6.07, 6.45) is 0. The maximum atomic E-state index is 10.9. The fourth-order valence-electron chi connectivity index (χ4n) is 1.76. The van der Waals surface area contributed by atoms with Gasteiger partial charge in [0, 0.05) is 12.6 Å². The molecule has 0 unspecified atom stereocenters. The van der Waals surface area contributed by atoms with E-state index in [0.29, 0.717) is 34.8 Å². The number of carbonyl (C=O) groups is 1. The van der Waals surface area contributed by atoms with Gasteiger partial charge in [-0.2, -0.15) is 0 Å². The molecule has 2 aromatic rings. The van der Waals surface area contributed by atoms with E-state index in [-0.39, 0.29) is 5.91 Å². The van der Waals surface area contributed by atoms with Gasteiger partial charge in [-0.05, 0) is 36.4 Å². The molecule has 2 aromatic carbocycles. The molecule has 0 saturated carbocycles. The van der Waals surface area contributed by atoms with Crippen molar-refractivity contribution in [3.63, 3.8) is 0 Å². The van der Waals surface area contributed by atoms with Gasteiger partial charge in [0.1, 0.15) is 19.0 Å². The maximum Gasteiger partial charge on any atom is 0.221 e. The highest BCUT2D eigenvalue weighted by Crippen LogP contribution is 2.32. The summed E-state index contributed by atoms with van der Waals surface area (Å²) in [5.41, 5.74) is 0.721. The summed E-state index contributed by atoms with van der Waals surface area (Å²) in [5, 5.41) is 3.61. The molecule has 0 bridgehead atoms.